The van der Waals surface area contributed by atoms with Crippen LogP contribution < -0.4 is 5.32 Å². The quantitative estimate of drug-likeness (QED) is 0.498. The third kappa shape index (κ3) is 0.706. The maximum atomic E-state index is 10.9. The fourth-order valence-electron chi connectivity index (χ4n) is 0.912. The molecule has 5 heteroatoms. The largest absolute Gasteiger partial charge is 0.287 e. The van der Waals surface area contributed by atoms with Gasteiger partial charge < -0.3 is 0 Å². The molecule has 0 bridgehead atoms. The van der Waals surface area contributed by atoms with Crippen LogP contribution in [0.1, 0.15) is 20.8 Å². The topological polar surface area (TPSA) is 72.0 Å². The van der Waals surface area contributed by atoms with Gasteiger partial charge in [0, 0.05) is 0 Å². The molecule has 0 aromatic carbocycles. The second-order valence-corrected chi connectivity index (χ2v) is 2.08. The smallest absolute Gasteiger partial charge is 0.279 e. The third-order valence-electron chi connectivity index (χ3n) is 1.41. The molecule has 0 radical (unpaired) electrons. The maximum absolute atomic E-state index is 10.9. The summed E-state index contributed by atoms with van der Waals surface area (Å²) < 4.78 is 0. The standard InChI is InChI=1S/C6H3N3O2/c10-5-3-1-2-7-9-4(3)6(11)8-5/h1-2H,(H,8,10,11). The van der Waals surface area contributed by atoms with E-state index in [9.17, 15) is 9.59 Å². The van der Waals surface area contributed by atoms with E-state index in [1.807, 2.05) is 0 Å². The molecule has 0 atom stereocenters. The lowest BCUT2D eigenvalue weighted by atomic mass is 10.2. The van der Waals surface area contributed by atoms with Crippen LogP contribution in [-0.4, -0.2) is 22.0 Å². The fourth-order valence-corrected chi connectivity index (χ4v) is 0.912. The SMILES string of the molecule is O=C1NC(=O)c2nnccc21. The number of nitrogens with one attached hydrogen (secondary N) is 1. The Morgan fingerprint density at radius 2 is 2.09 bits per heavy atom. The summed E-state index contributed by atoms with van der Waals surface area (Å²) in [5.74, 6) is -0.877. The number of rotatable bonds is 0. The van der Waals surface area contributed by atoms with Crippen molar-refractivity contribution in [2.45, 2.75) is 0 Å². The van der Waals surface area contributed by atoms with E-state index < -0.39 is 11.8 Å². The predicted molar refractivity (Wildman–Crippen MR) is 33.8 cm³/mol. The van der Waals surface area contributed by atoms with Gasteiger partial charge in [-0.1, -0.05) is 0 Å². The lowest BCUT2D eigenvalue weighted by molar-refractivity contribution is 0.0878. The molecule has 1 aromatic rings. The average Bonchev–Trinajstić information content (AvgIpc) is 2.30. The van der Waals surface area contributed by atoms with Gasteiger partial charge in [-0.15, -0.1) is 5.10 Å². The number of hydrogen-bond acceptors (Lipinski definition) is 4. The minimum atomic E-state index is -0.474. The van der Waals surface area contributed by atoms with Gasteiger partial charge in [0.05, 0.1) is 11.8 Å². The first kappa shape index (κ1) is 5.96. The first-order valence-electron chi connectivity index (χ1n) is 2.96. The first-order chi connectivity index (χ1) is 5.29. The molecule has 2 heterocycles. The van der Waals surface area contributed by atoms with Crippen LogP contribution in [0.25, 0.3) is 0 Å². The summed E-state index contributed by atoms with van der Waals surface area (Å²) in [7, 11) is 0. The van der Waals surface area contributed by atoms with Crippen LogP contribution in [0.2, 0.25) is 0 Å². The molecular formula is C6H3N3O2. The third-order valence-corrected chi connectivity index (χ3v) is 1.41. The molecule has 1 aliphatic heterocycles. The number of carbonyl (C=O) groups excluding carboxylic acids is 2. The van der Waals surface area contributed by atoms with Crippen molar-refractivity contribution in [2.24, 2.45) is 0 Å². The van der Waals surface area contributed by atoms with Crippen LogP contribution >= 0.6 is 0 Å². The van der Waals surface area contributed by atoms with E-state index in [1.165, 1.54) is 12.3 Å². The highest BCUT2D eigenvalue weighted by atomic mass is 16.2. The van der Waals surface area contributed by atoms with Crippen LogP contribution in [0.4, 0.5) is 0 Å². The molecule has 1 N–H and O–H groups in total. The van der Waals surface area contributed by atoms with Crippen molar-refractivity contribution in [1.29, 1.82) is 0 Å². The Hall–Kier alpha value is -1.78. The van der Waals surface area contributed by atoms with E-state index >= 15 is 0 Å². The maximum Gasteiger partial charge on any atom is 0.279 e. The van der Waals surface area contributed by atoms with E-state index in [4.69, 9.17) is 0 Å². The molecule has 0 unspecified atom stereocenters. The summed E-state index contributed by atoms with van der Waals surface area (Å²) in [5, 5.41) is 9.09. The van der Waals surface area contributed by atoms with E-state index in [1.54, 1.807) is 0 Å². The minimum absolute atomic E-state index is 0.109. The molecule has 0 saturated heterocycles. The predicted octanol–water partition coefficient (Wildman–Crippen LogP) is -0.640. The van der Waals surface area contributed by atoms with Crippen LogP contribution in [0, 0.1) is 0 Å². The first-order valence-corrected chi connectivity index (χ1v) is 2.96. The molecule has 2 rings (SSSR count). The van der Waals surface area contributed by atoms with Crippen molar-refractivity contribution in [3.05, 3.63) is 23.5 Å². The summed E-state index contributed by atoms with van der Waals surface area (Å²) >= 11 is 0. The molecular weight excluding hydrogens is 146 g/mol. The molecule has 54 valence electrons. The van der Waals surface area contributed by atoms with Crippen LogP contribution in [0.3, 0.4) is 0 Å². The van der Waals surface area contributed by atoms with Crippen molar-refractivity contribution < 1.29 is 9.59 Å². The highest BCUT2D eigenvalue weighted by Crippen LogP contribution is 2.09. The van der Waals surface area contributed by atoms with Crippen molar-refractivity contribution in [2.75, 3.05) is 0 Å². The number of aromatic nitrogens is 2. The second-order valence-electron chi connectivity index (χ2n) is 2.08. The van der Waals surface area contributed by atoms with Crippen LogP contribution in [-0.2, 0) is 0 Å². The minimum Gasteiger partial charge on any atom is -0.287 e. The molecule has 0 spiro atoms. The molecule has 0 saturated carbocycles. The number of hydrogen-bond donors (Lipinski definition) is 1. The van der Waals surface area contributed by atoms with E-state index in [0.717, 1.165) is 0 Å². The molecule has 2 amide bonds. The van der Waals surface area contributed by atoms with Crippen molar-refractivity contribution in [3.63, 3.8) is 0 Å². The van der Waals surface area contributed by atoms with Gasteiger partial charge in [-0.2, -0.15) is 5.10 Å². The second kappa shape index (κ2) is 1.85. The van der Waals surface area contributed by atoms with Crippen molar-refractivity contribution in [1.82, 2.24) is 15.5 Å². The normalized spacial score (nSPS) is 14.5. The Morgan fingerprint density at radius 3 is 2.82 bits per heavy atom. The lowest BCUT2D eigenvalue weighted by Gasteiger charge is -1.86. The van der Waals surface area contributed by atoms with E-state index in [0.29, 0.717) is 5.56 Å². The van der Waals surface area contributed by atoms with Gasteiger partial charge in [-0.05, 0) is 6.07 Å². The molecule has 0 aliphatic carbocycles. The Labute approximate surface area is 61.4 Å². The number of amides is 2. The van der Waals surface area contributed by atoms with Crippen molar-refractivity contribution in [3.8, 4) is 0 Å². The monoisotopic (exact) mass is 149 g/mol. The van der Waals surface area contributed by atoms with Gasteiger partial charge >= 0.3 is 0 Å². The van der Waals surface area contributed by atoms with Crippen molar-refractivity contribution >= 4 is 11.8 Å². The number of fused-ring (bicyclic) bond motifs is 1. The zero-order valence-electron chi connectivity index (χ0n) is 5.37. The van der Waals surface area contributed by atoms with Gasteiger partial charge in [0.2, 0.25) is 0 Å². The number of nitrogens with zero attached hydrogens (tertiary/aromatic N) is 2. The Morgan fingerprint density at radius 1 is 1.27 bits per heavy atom. The van der Waals surface area contributed by atoms with Crippen LogP contribution in [0.5, 0.6) is 0 Å². The number of carbonyl (C=O) groups is 2. The zero-order chi connectivity index (χ0) is 7.84. The number of imide groups is 1. The summed E-state index contributed by atoms with van der Waals surface area (Å²) in [4.78, 5) is 21.7. The van der Waals surface area contributed by atoms with Gasteiger partial charge in [-0.3, -0.25) is 14.9 Å². The lowest BCUT2D eigenvalue weighted by Crippen LogP contribution is -2.20. The average molecular weight is 149 g/mol. The summed E-state index contributed by atoms with van der Waals surface area (Å²) in [6, 6.07) is 1.46. The molecule has 11 heavy (non-hydrogen) atoms. The van der Waals surface area contributed by atoms with Gasteiger partial charge in [-0.25, -0.2) is 0 Å². The molecule has 0 fully saturated rings. The Balaban J connectivity index is 2.69. The van der Waals surface area contributed by atoms with Gasteiger partial charge in [0.25, 0.3) is 11.8 Å². The Kier molecular flexibility index (Phi) is 1.00. The summed E-state index contributed by atoms with van der Waals surface area (Å²) in [5.41, 5.74) is 0.405. The van der Waals surface area contributed by atoms with Crippen LogP contribution in [0.15, 0.2) is 12.3 Å². The molecule has 1 aromatic heterocycles. The summed E-state index contributed by atoms with van der Waals surface area (Å²) in [6.07, 6.45) is 1.37. The zero-order valence-corrected chi connectivity index (χ0v) is 5.37. The highest BCUT2D eigenvalue weighted by Gasteiger charge is 2.27. The highest BCUT2D eigenvalue weighted by molar-refractivity contribution is 6.20. The fraction of sp³-hybridized carbons (Fsp3) is 0. The van der Waals surface area contributed by atoms with Gasteiger partial charge in [0.15, 0.2) is 5.69 Å². The Bertz CT molecular complexity index is 314. The van der Waals surface area contributed by atoms with E-state index in [2.05, 4.69) is 15.5 Å². The van der Waals surface area contributed by atoms with E-state index in [-0.39, 0.29) is 5.69 Å². The van der Waals surface area contributed by atoms with Gasteiger partial charge in [0.1, 0.15) is 0 Å². The molecule has 5 nitrogen and oxygen atoms in total. The molecule has 1 aliphatic rings. The summed E-state index contributed by atoms with van der Waals surface area (Å²) in [6.45, 7) is 0.